The first-order valence-corrected chi connectivity index (χ1v) is 12.8. The SMILES string of the molecule is O=C1CCC(=O)N1Cc1cc2nccc(-c3cc(Cl)cc4c3N([C@H]3CNC[C@@H]3F)CCC4)c2s1. The fourth-order valence-electron chi connectivity index (χ4n) is 5.45. The number of anilines is 1. The van der Waals surface area contributed by atoms with Crippen LogP contribution in [0.25, 0.3) is 21.3 Å². The number of fused-ring (bicyclic) bond motifs is 2. The number of imide groups is 1. The van der Waals surface area contributed by atoms with E-state index in [1.807, 2.05) is 24.3 Å². The summed E-state index contributed by atoms with van der Waals surface area (Å²) in [6, 6.07) is 7.70. The molecule has 34 heavy (non-hydrogen) atoms. The summed E-state index contributed by atoms with van der Waals surface area (Å²) in [5.41, 5.74) is 4.99. The van der Waals surface area contributed by atoms with Crippen LogP contribution in [0.15, 0.2) is 30.5 Å². The highest BCUT2D eigenvalue weighted by molar-refractivity contribution is 7.19. The number of nitrogens with one attached hydrogen (secondary N) is 1. The summed E-state index contributed by atoms with van der Waals surface area (Å²) in [5, 5.41) is 3.84. The average Bonchev–Trinajstić information content (AvgIpc) is 3.52. The summed E-state index contributed by atoms with van der Waals surface area (Å²) >= 11 is 8.11. The molecule has 6 rings (SSSR count). The van der Waals surface area contributed by atoms with Gasteiger partial charge in [-0.3, -0.25) is 19.5 Å². The lowest BCUT2D eigenvalue weighted by atomic mass is 9.92. The number of halogens is 2. The zero-order valence-corrected chi connectivity index (χ0v) is 20.1. The number of benzene rings is 1. The highest BCUT2D eigenvalue weighted by Crippen LogP contribution is 2.45. The molecule has 0 bridgehead atoms. The molecule has 0 aliphatic carbocycles. The molecule has 0 saturated carbocycles. The van der Waals surface area contributed by atoms with Gasteiger partial charge in [0.05, 0.1) is 22.8 Å². The van der Waals surface area contributed by atoms with Gasteiger partial charge in [0.1, 0.15) is 6.17 Å². The maximum atomic E-state index is 14.8. The van der Waals surface area contributed by atoms with Crippen LogP contribution >= 0.6 is 22.9 Å². The number of rotatable bonds is 4. The first-order chi connectivity index (χ1) is 16.5. The number of hydrogen-bond acceptors (Lipinski definition) is 6. The average molecular weight is 499 g/mol. The summed E-state index contributed by atoms with van der Waals surface area (Å²) in [4.78, 5) is 33.3. The third kappa shape index (κ3) is 3.68. The van der Waals surface area contributed by atoms with Gasteiger partial charge in [0, 0.05) is 65.4 Å². The van der Waals surface area contributed by atoms with Crippen molar-refractivity contribution >= 4 is 50.7 Å². The van der Waals surface area contributed by atoms with Crippen LogP contribution in [0.2, 0.25) is 5.02 Å². The lowest BCUT2D eigenvalue weighted by molar-refractivity contribution is -0.138. The standard InChI is InChI=1S/C25H24ClFN4O2S/c26-15-8-14-2-1-7-30(21-12-28-11-19(21)27)24(14)18(9-15)17-5-6-29-20-10-16(34-25(17)20)13-31-22(32)3-4-23(31)33/h5-6,8-10,19,21,28H,1-4,7,11-13H2/t19-,21-/m0/s1. The number of pyridine rings is 1. The minimum Gasteiger partial charge on any atom is -0.364 e. The van der Waals surface area contributed by atoms with Gasteiger partial charge in [0.2, 0.25) is 11.8 Å². The van der Waals surface area contributed by atoms with Gasteiger partial charge in [-0.2, -0.15) is 0 Å². The van der Waals surface area contributed by atoms with Gasteiger partial charge in [-0.25, -0.2) is 4.39 Å². The van der Waals surface area contributed by atoms with Crippen LogP contribution in [0.1, 0.15) is 29.7 Å². The van der Waals surface area contributed by atoms with E-state index in [1.54, 1.807) is 17.5 Å². The van der Waals surface area contributed by atoms with Crippen LogP contribution in [0, 0.1) is 0 Å². The minimum atomic E-state index is -0.921. The van der Waals surface area contributed by atoms with Crippen molar-refractivity contribution in [3.8, 4) is 11.1 Å². The molecular weight excluding hydrogens is 475 g/mol. The molecule has 6 nitrogen and oxygen atoms in total. The molecule has 2 fully saturated rings. The Morgan fingerprint density at radius 2 is 1.94 bits per heavy atom. The molecule has 2 amide bonds. The van der Waals surface area contributed by atoms with Crippen LogP contribution in [0.5, 0.6) is 0 Å². The molecule has 0 spiro atoms. The Morgan fingerprint density at radius 3 is 2.71 bits per heavy atom. The number of alkyl halides is 1. The van der Waals surface area contributed by atoms with E-state index in [9.17, 15) is 14.0 Å². The van der Waals surface area contributed by atoms with Crippen molar-refractivity contribution in [3.05, 3.63) is 45.9 Å². The third-order valence-electron chi connectivity index (χ3n) is 7.02. The second kappa shape index (κ2) is 8.59. The minimum absolute atomic E-state index is 0.124. The number of thiophene rings is 1. The van der Waals surface area contributed by atoms with Crippen molar-refractivity contribution in [2.45, 2.75) is 44.4 Å². The van der Waals surface area contributed by atoms with Crippen molar-refractivity contribution in [1.29, 1.82) is 0 Å². The largest absolute Gasteiger partial charge is 0.364 e. The molecular formula is C25H24ClFN4O2S. The Labute approximate surface area is 205 Å². The summed E-state index contributed by atoms with van der Waals surface area (Å²) in [6.45, 7) is 2.07. The van der Waals surface area contributed by atoms with Crippen LogP contribution in [-0.2, 0) is 22.6 Å². The molecule has 9 heteroatoms. The fraction of sp³-hybridized carbons (Fsp3) is 0.400. The van der Waals surface area contributed by atoms with Crippen LogP contribution < -0.4 is 10.2 Å². The van der Waals surface area contributed by atoms with E-state index < -0.39 is 6.17 Å². The second-order valence-electron chi connectivity index (χ2n) is 9.16. The topological polar surface area (TPSA) is 65.5 Å². The lowest BCUT2D eigenvalue weighted by Gasteiger charge is -2.38. The third-order valence-corrected chi connectivity index (χ3v) is 8.38. The van der Waals surface area contributed by atoms with E-state index >= 15 is 0 Å². The van der Waals surface area contributed by atoms with E-state index in [4.69, 9.17) is 11.6 Å². The van der Waals surface area contributed by atoms with Gasteiger partial charge in [-0.15, -0.1) is 11.3 Å². The number of amides is 2. The van der Waals surface area contributed by atoms with Crippen molar-refractivity contribution in [3.63, 3.8) is 0 Å². The molecule has 1 aromatic carbocycles. The van der Waals surface area contributed by atoms with E-state index in [0.717, 1.165) is 56.9 Å². The van der Waals surface area contributed by atoms with Crippen molar-refractivity contribution in [1.82, 2.24) is 15.2 Å². The Hall–Kier alpha value is -2.55. The highest BCUT2D eigenvalue weighted by Gasteiger charge is 2.36. The first-order valence-electron chi connectivity index (χ1n) is 11.6. The monoisotopic (exact) mass is 498 g/mol. The summed E-state index contributed by atoms with van der Waals surface area (Å²) in [7, 11) is 0. The number of nitrogens with zero attached hydrogens (tertiary/aromatic N) is 3. The molecule has 2 aromatic heterocycles. The van der Waals surface area contributed by atoms with E-state index in [0.29, 0.717) is 18.1 Å². The lowest BCUT2D eigenvalue weighted by Crippen LogP contribution is -2.45. The Bertz CT molecular complexity index is 1300. The Morgan fingerprint density at radius 1 is 1.12 bits per heavy atom. The predicted molar refractivity (Wildman–Crippen MR) is 132 cm³/mol. The number of aromatic nitrogens is 1. The zero-order chi connectivity index (χ0) is 23.4. The molecule has 176 valence electrons. The van der Waals surface area contributed by atoms with Crippen molar-refractivity contribution in [2.75, 3.05) is 24.5 Å². The maximum Gasteiger partial charge on any atom is 0.230 e. The molecule has 1 N–H and O–H groups in total. The van der Waals surface area contributed by atoms with Gasteiger partial charge in [-0.05, 0) is 42.7 Å². The Kier molecular flexibility index (Phi) is 5.54. The Balaban J connectivity index is 1.46. The highest BCUT2D eigenvalue weighted by atomic mass is 35.5. The molecule has 2 atom stereocenters. The zero-order valence-electron chi connectivity index (χ0n) is 18.5. The number of carbonyl (C=O) groups is 2. The van der Waals surface area contributed by atoms with Crippen LogP contribution in [0.4, 0.5) is 10.1 Å². The number of carbonyl (C=O) groups excluding carboxylic acids is 2. The van der Waals surface area contributed by atoms with Crippen LogP contribution in [0.3, 0.4) is 0 Å². The van der Waals surface area contributed by atoms with Gasteiger partial charge in [-0.1, -0.05) is 11.6 Å². The van der Waals surface area contributed by atoms with Crippen molar-refractivity contribution in [2.24, 2.45) is 0 Å². The van der Waals surface area contributed by atoms with Gasteiger partial charge >= 0.3 is 0 Å². The second-order valence-corrected chi connectivity index (χ2v) is 10.7. The van der Waals surface area contributed by atoms with Crippen molar-refractivity contribution < 1.29 is 14.0 Å². The number of likely N-dealkylation sites (tertiary alicyclic amines) is 1. The fourth-order valence-corrected chi connectivity index (χ4v) is 6.82. The summed E-state index contributed by atoms with van der Waals surface area (Å²) < 4.78 is 15.8. The maximum absolute atomic E-state index is 14.8. The smallest absolute Gasteiger partial charge is 0.230 e. The van der Waals surface area contributed by atoms with E-state index in [2.05, 4.69) is 15.2 Å². The van der Waals surface area contributed by atoms with E-state index in [-0.39, 0.29) is 37.2 Å². The molecule has 3 aliphatic rings. The van der Waals surface area contributed by atoms with Crippen LogP contribution in [-0.4, -0.2) is 53.5 Å². The van der Waals surface area contributed by atoms with Gasteiger partial charge < -0.3 is 10.2 Å². The summed E-state index contributed by atoms with van der Waals surface area (Å²) in [5.74, 6) is -0.248. The van der Waals surface area contributed by atoms with E-state index in [1.165, 1.54) is 4.90 Å². The quantitative estimate of drug-likeness (QED) is 0.542. The summed E-state index contributed by atoms with van der Waals surface area (Å²) in [6.07, 6.45) is 3.28. The molecule has 3 aliphatic heterocycles. The molecule has 3 aromatic rings. The number of hydrogen-bond donors (Lipinski definition) is 1. The molecule has 5 heterocycles. The van der Waals surface area contributed by atoms with Gasteiger partial charge in [0.25, 0.3) is 0 Å². The molecule has 2 saturated heterocycles. The first kappa shape index (κ1) is 21.9. The van der Waals surface area contributed by atoms with Gasteiger partial charge in [0.15, 0.2) is 0 Å². The molecule has 0 unspecified atom stereocenters. The molecule has 0 radical (unpaired) electrons. The predicted octanol–water partition coefficient (Wildman–Crippen LogP) is 4.33. The number of aryl methyl sites for hydroxylation is 1. The normalized spacial score (nSPS) is 22.8.